The van der Waals surface area contributed by atoms with Crippen LogP contribution in [0.3, 0.4) is 0 Å². The lowest BCUT2D eigenvalue weighted by atomic mass is 9.79. The Morgan fingerprint density at radius 2 is 1.74 bits per heavy atom. The Bertz CT molecular complexity index is 407. The van der Waals surface area contributed by atoms with Gasteiger partial charge in [-0.1, -0.05) is 30.3 Å². The highest BCUT2D eigenvalue weighted by Gasteiger charge is 2.53. The maximum absolute atomic E-state index is 10.5. The van der Waals surface area contributed by atoms with Crippen LogP contribution in [-0.2, 0) is 11.2 Å². The molecule has 1 aliphatic heterocycles. The largest absolute Gasteiger partial charge is 0.394 e. The van der Waals surface area contributed by atoms with E-state index in [0.717, 1.165) is 5.56 Å². The van der Waals surface area contributed by atoms with Gasteiger partial charge in [-0.15, -0.1) is 0 Å². The van der Waals surface area contributed by atoms with E-state index >= 15 is 0 Å². The first-order valence-corrected chi connectivity index (χ1v) is 6.06. The molecule has 1 fully saturated rings. The number of benzene rings is 1. The third-order valence-electron chi connectivity index (χ3n) is 3.49. The fourth-order valence-corrected chi connectivity index (χ4v) is 2.35. The molecular weight excluding hydrogens is 252 g/mol. The van der Waals surface area contributed by atoms with Gasteiger partial charge in [-0.3, -0.25) is 0 Å². The Labute approximate surface area is 110 Å². The second kappa shape index (κ2) is 5.54. The highest BCUT2D eigenvalue weighted by molar-refractivity contribution is 5.19. The van der Waals surface area contributed by atoms with E-state index in [-0.39, 0.29) is 6.42 Å². The van der Waals surface area contributed by atoms with Gasteiger partial charge in [0.15, 0.2) is 6.29 Å². The second-order valence-electron chi connectivity index (χ2n) is 4.79. The van der Waals surface area contributed by atoms with Gasteiger partial charge >= 0.3 is 0 Å². The molecule has 6 heteroatoms. The molecular formula is C13H18O6. The molecule has 1 saturated heterocycles. The normalized spacial score (nSPS) is 39.2. The Hall–Kier alpha value is -1.02. The van der Waals surface area contributed by atoms with Crippen molar-refractivity contribution >= 4 is 0 Å². The molecule has 6 nitrogen and oxygen atoms in total. The van der Waals surface area contributed by atoms with Crippen LogP contribution in [0.2, 0.25) is 0 Å². The van der Waals surface area contributed by atoms with Crippen LogP contribution >= 0.6 is 0 Å². The SMILES string of the molecule is OC[C@H]1O[C@H](O)[C@H](O)[C@@H](O)[C@@]1(O)Cc1ccccc1. The minimum atomic E-state index is -1.87. The molecule has 106 valence electrons. The number of hydrogen-bond acceptors (Lipinski definition) is 6. The minimum Gasteiger partial charge on any atom is -0.394 e. The highest BCUT2D eigenvalue weighted by Crippen LogP contribution is 2.32. The van der Waals surface area contributed by atoms with Crippen molar-refractivity contribution in [2.24, 2.45) is 0 Å². The number of aliphatic hydroxyl groups excluding tert-OH is 4. The predicted molar refractivity (Wildman–Crippen MR) is 65.1 cm³/mol. The third-order valence-corrected chi connectivity index (χ3v) is 3.49. The predicted octanol–water partition coefficient (Wildman–Crippen LogP) is -1.61. The number of ether oxygens (including phenoxy) is 1. The zero-order chi connectivity index (χ0) is 14.0. The second-order valence-corrected chi connectivity index (χ2v) is 4.79. The lowest BCUT2D eigenvalue weighted by molar-refractivity contribution is -0.320. The van der Waals surface area contributed by atoms with Crippen molar-refractivity contribution < 1.29 is 30.3 Å². The van der Waals surface area contributed by atoms with Crippen LogP contribution in [0.15, 0.2) is 30.3 Å². The molecule has 1 aliphatic rings. The molecule has 0 saturated carbocycles. The monoisotopic (exact) mass is 270 g/mol. The molecule has 0 unspecified atom stereocenters. The van der Waals surface area contributed by atoms with Crippen LogP contribution in [0.25, 0.3) is 0 Å². The van der Waals surface area contributed by atoms with Crippen molar-refractivity contribution in [1.82, 2.24) is 0 Å². The molecule has 2 rings (SSSR count). The fourth-order valence-electron chi connectivity index (χ4n) is 2.35. The first-order valence-electron chi connectivity index (χ1n) is 6.06. The van der Waals surface area contributed by atoms with E-state index in [1.54, 1.807) is 24.3 Å². The van der Waals surface area contributed by atoms with Gasteiger partial charge in [0, 0.05) is 6.42 Å². The standard InChI is InChI=1S/C13H18O6/c14-7-9-13(18,6-8-4-2-1-3-5-8)11(16)10(15)12(17)19-9/h1-5,9-12,14-18H,6-7H2/t9-,10-,11-,12+,13-/m1/s1. The number of rotatable bonds is 3. The Balaban J connectivity index is 2.26. The first kappa shape index (κ1) is 14.4. The van der Waals surface area contributed by atoms with E-state index < -0.39 is 36.8 Å². The van der Waals surface area contributed by atoms with Gasteiger partial charge in [0.25, 0.3) is 0 Å². The van der Waals surface area contributed by atoms with Gasteiger partial charge in [0.1, 0.15) is 23.9 Å². The van der Waals surface area contributed by atoms with Crippen LogP contribution < -0.4 is 0 Å². The molecule has 1 heterocycles. The van der Waals surface area contributed by atoms with Gasteiger partial charge in [0.2, 0.25) is 0 Å². The number of aliphatic hydroxyl groups is 5. The van der Waals surface area contributed by atoms with Gasteiger partial charge in [0.05, 0.1) is 6.61 Å². The maximum Gasteiger partial charge on any atom is 0.184 e. The lowest BCUT2D eigenvalue weighted by Gasteiger charge is -2.46. The van der Waals surface area contributed by atoms with E-state index in [2.05, 4.69) is 0 Å². The molecule has 1 aromatic carbocycles. The zero-order valence-corrected chi connectivity index (χ0v) is 10.3. The molecule has 19 heavy (non-hydrogen) atoms. The van der Waals surface area contributed by atoms with E-state index in [9.17, 15) is 25.5 Å². The average Bonchev–Trinajstić information content (AvgIpc) is 2.42. The summed E-state index contributed by atoms with van der Waals surface area (Å²) in [6.45, 7) is -0.579. The lowest BCUT2D eigenvalue weighted by Crippen LogP contribution is -2.67. The first-order chi connectivity index (χ1) is 8.99. The number of hydrogen-bond donors (Lipinski definition) is 5. The summed E-state index contributed by atoms with van der Waals surface area (Å²) in [5.74, 6) is 0. The average molecular weight is 270 g/mol. The van der Waals surface area contributed by atoms with E-state index in [0.29, 0.717) is 0 Å². The third kappa shape index (κ3) is 2.64. The zero-order valence-electron chi connectivity index (χ0n) is 10.3. The van der Waals surface area contributed by atoms with Crippen molar-refractivity contribution in [3.05, 3.63) is 35.9 Å². The van der Waals surface area contributed by atoms with Crippen LogP contribution in [0.4, 0.5) is 0 Å². The Morgan fingerprint density at radius 3 is 2.32 bits per heavy atom. The summed E-state index contributed by atoms with van der Waals surface area (Å²) in [5, 5.41) is 48.8. The van der Waals surface area contributed by atoms with E-state index in [1.807, 2.05) is 6.07 Å². The fraction of sp³-hybridized carbons (Fsp3) is 0.538. The Morgan fingerprint density at radius 1 is 1.11 bits per heavy atom. The van der Waals surface area contributed by atoms with Crippen LogP contribution in [0.5, 0.6) is 0 Å². The molecule has 5 N–H and O–H groups in total. The molecule has 0 aromatic heterocycles. The highest BCUT2D eigenvalue weighted by atomic mass is 16.6. The van der Waals surface area contributed by atoms with Crippen LogP contribution in [-0.4, -0.2) is 62.3 Å². The van der Waals surface area contributed by atoms with Gasteiger partial charge < -0.3 is 30.3 Å². The van der Waals surface area contributed by atoms with Crippen molar-refractivity contribution in [3.63, 3.8) is 0 Å². The summed E-state index contributed by atoms with van der Waals surface area (Å²) < 4.78 is 4.95. The van der Waals surface area contributed by atoms with E-state index in [4.69, 9.17) is 4.74 Å². The molecule has 0 bridgehead atoms. The van der Waals surface area contributed by atoms with Crippen molar-refractivity contribution in [2.75, 3.05) is 6.61 Å². The smallest absolute Gasteiger partial charge is 0.184 e. The molecule has 0 amide bonds. The van der Waals surface area contributed by atoms with Crippen molar-refractivity contribution in [1.29, 1.82) is 0 Å². The van der Waals surface area contributed by atoms with Crippen LogP contribution in [0, 0.1) is 0 Å². The molecule has 5 atom stereocenters. The van der Waals surface area contributed by atoms with Gasteiger partial charge in [-0.25, -0.2) is 0 Å². The van der Waals surface area contributed by atoms with E-state index in [1.165, 1.54) is 0 Å². The summed E-state index contributed by atoms with van der Waals surface area (Å²) >= 11 is 0. The van der Waals surface area contributed by atoms with Gasteiger partial charge in [-0.05, 0) is 5.56 Å². The quantitative estimate of drug-likeness (QED) is 0.452. The Kier molecular flexibility index (Phi) is 4.19. The minimum absolute atomic E-state index is 0.00991. The van der Waals surface area contributed by atoms with Crippen molar-refractivity contribution in [3.8, 4) is 0 Å². The topological polar surface area (TPSA) is 110 Å². The molecule has 0 aliphatic carbocycles. The summed E-state index contributed by atoms with van der Waals surface area (Å²) in [6, 6.07) is 8.85. The summed E-state index contributed by atoms with van der Waals surface area (Å²) in [6.07, 6.45) is -6.07. The molecule has 0 radical (unpaired) electrons. The molecule has 0 spiro atoms. The summed E-state index contributed by atoms with van der Waals surface area (Å²) in [5.41, 5.74) is -1.15. The van der Waals surface area contributed by atoms with Crippen molar-refractivity contribution in [2.45, 2.75) is 36.6 Å². The van der Waals surface area contributed by atoms with Gasteiger partial charge in [-0.2, -0.15) is 0 Å². The van der Waals surface area contributed by atoms with Crippen LogP contribution in [0.1, 0.15) is 5.56 Å². The maximum atomic E-state index is 10.5. The summed E-state index contributed by atoms with van der Waals surface area (Å²) in [4.78, 5) is 0. The molecule has 1 aromatic rings. The summed E-state index contributed by atoms with van der Waals surface area (Å²) in [7, 11) is 0.